The average Bonchev–Trinajstić information content (AvgIpc) is 3.16. The highest BCUT2D eigenvalue weighted by Gasteiger charge is 2.27. The van der Waals surface area contributed by atoms with Crippen LogP contribution in [-0.4, -0.2) is 77.3 Å². The molecule has 6 nitrogen and oxygen atoms in total. The number of nitrogens with zero attached hydrogens (tertiary/aromatic N) is 4. The molecule has 0 unspecified atom stereocenters. The largest absolute Gasteiger partial charge is 0.342 e. The van der Waals surface area contributed by atoms with Gasteiger partial charge in [-0.2, -0.15) is 0 Å². The van der Waals surface area contributed by atoms with E-state index in [4.69, 9.17) is 11.6 Å². The van der Waals surface area contributed by atoms with Crippen molar-refractivity contribution in [1.82, 2.24) is 19.7 Å². The van der Waals surface area contributed by atoms with Gasteiger partial charge in [0.05, 0.1) is 12.2 Å². The second-order valence-electron chi connectivity index (χ2n) is 7.95. The number of hydrogen-bond donors (Lipinski definition) is 0. The Labute approximate surface area is 186 Å². The third-order valence-electron chi connectivity index (χ3n) is 5.81. The molecule has 0 spiro atoms. The number of carbonyl (C=O) groups is 2. The molecule has 1 aromatic carbocycles. The lowest BCUT2D eigenvalue weighted by Gasteiger charge is -2.36. The number of halogens is 1. The topological polar surface area (TPSA) is 56.8 Å². The molecule has 1 aromatic heterocycles. The molecule has 2 amide bonds. The minimum absolute atomic E-state index is 0.0345. The highest BCUT2D eigenvalue weighted by atomic mass is 35.5. The van der Waals surface area contributed by atoms with Crippen molar-refractivity contribution in [2.24, 2.45) is 0 Å². The third kappa shape index (κ3) is 4.85. The van der Waals surface area contributed by atoms with Gasteiger partial charge in [-0.05, 0) is 38.3 Å². The predicted octanol–water partition coefficient (Wildman–Crippen LogP) is 3.54. The van der Waals surface area contributed by atoms with E-state index in [1.54, 1.807) is 0 Å². The lowest BCUT2D eigenvalue weighted by Crippen LogP contribution is -2.52. The zero-order chi connectivity index (χ0) is 21.1. The second-order valence-corrected chi connectivity index (χ2v) is 9.39. The van der Waals surface area contributed by atoms with E-state index < -0.39 is 0 Å². The van der Waals surface area contributed by atoms with Gasteiger partial charge in [0, 0.05) is 49.9 Å². The number of carbonyl (C=O) groups excluding carboxylic acids is 2. The summed E-state index contributed by atoms with van der Waals surface area (Å²) < 4.78 is 0. The monoisotopic (exact) mass is 446 g/mol. The number of hydrogen-bond acceptors (Lipinski definition) is 5. The smallest absolute Gasteiger partial charge is 0.265 e. The minimum Gasteiger partial charge on any atom is -0.342 e. The van der Waals surface area contributed by atoms with Crippen molar-refractivity contribution in [2.45, 2.75) is 26.2 Å². The Kier molecular flexibility index (Phi) is 6.71. The Morgan fingerprint density at radius 2 is 1.63 bits per heavy atom. The first-order valence-corrected chi connectivity index (χ1v) is 11.7. The fourth-order valence-electron chi connectivity index (χ4n) is 4.00. The molecule has 30 heavy (non-hydrogen) atoms. The van der Waals surface area contributed by atoms with Crippen LogP contribution in [0.4, 0.5) is 0 Å². The van der Waals surface area contributed by atoms with E-state index in [2.05, 4.69) is 9.88 Å². The molecule has 4 rings (SSSR count). The summed E-state index contributed by atoms with van der Waals surface area (Å²) in [6, 6.07) is 7.51. The first kappa shape index (κ1) is 21.3. The van der Waals surface area contributed by atoms with Gasteiger partial charge in [-0.25, -0.2) is 4.98 Å². The molecule has 0 saturated carbocycles. The zero-order valence-corrected chi connectivity index (χ0v) is 18.8. The van der Waals surface area contributed by atoms with E-state index in [1.807, 2.05) is 41.0 Å². The van der Waals surface area contributed by atoms with E-state index in [0.717, 1.165) is 55.3 Å². The van der Waals surface area contributed by atoms with Crippen molar-refractivity contribution in [1.29, 1.82) is 0 Å². The summed E-state index contributed by atoms with van der Waals surface area (Å²) in [5.41, 5.74) is 1.73. The highest BCUT2D eigenvalue weighted by molar-refractivity contribution is 7.17. The summed E-state index contributed by atoms with van der Waals surface area (Å²) in [4.78, 5) is 36.9. The lowest BCUT2D eigenvalue weighted by molar-refractivity contribution is -0.133. The van der Waals surface area contributed by atoms with Crippen molar-refractivity contribution in [3.05, 3.63) is 39.9 Å². The maximum Gasteiger partial charge on any atom is 0.265 e. The number of aromatic nitrogens is 1. The Balaban J connectivity index is 1.34. The summed E-state index contributed by atoms with van der Waals surface area (Å²) in [5, 5.41) is 1.51. The quantitative estimate of drug-likeness (QED) is 0.720. The molecule has 2 aliphatic heterocycles. The van der Waals surface area contributed by atoms with Crippen LogP contribution >= 0.6 is 22.9 Å². The van der Waals surface area contributed by atoms with Gasteiger partial charge in [0.1, 0.15) is 9.88 Å². The molecular weight excluding hydrogens is 420 g/mol. The molecule has 160 valence electrons. The maximum atomic E-state index is 13.1. The van der Waals surface area contributed by atoms with Gasteiger partial charge < -0.3 is 9.80 Å². The van der Waals surface area contributed by atoms with E-state index in [1.165, 1.54) is 17.8 Å². The van der Waals surface area contributed by atoms with Crippen molar-refractivity contribution in [3.63, 3.8) is 0 Å². The van der Waals surface area contributed by atoms with Crippen LogP contribution in [0.5, 0.6) is 0 Å². The first-order valence-electron chi connectivity index (χ1n) is 10.5. The van der Waals surface area contributed by atoms with Crippen molar-refractivity contribution >= 4 is 34.8 Å². The number of piperidine rings is 1. The Morgan fingerprint density at radius 3 is 2.30 bits per heavy atom. The van der Waals surface area contributed by atoms with Gasteiger partial charge in [0.2, 0.25) is 5.91 Å². The SMILES string of the molecule is Cc1nc(-c2ccc(Cl)cc2)sc1C(=O)N1CCN(CC(=O)N2CCCCC2)CC1. The minimum atomic E-state index is 0.0345. The number of likely N-dealkylation sites (tertiary alicyclic amines) is 1. The number of thiazole rings is 1. The summed E-state index contributed by atoms with van der Waals surface area (Å²) in [5.74, 6) is 0.257. The van der Waals surface area contributed by atoms with Gasteiger partial charge in [-0.3, -0.25) is 14.5 Å². The van der Waals surface area contributed by atoms with E-state index in [9.17, 15) is 9.59 Å². The fraction of sp³-hybridized carbons (Fsp3) is 0.500. The number of rotatable bonds is 4. The van der Waals surface area contributed by atoms with Gasteiger partial charge in [0.15, 0.2) is 0 Å². The Morgan fingerprint density at radius 1 is 0.967 bits per heavy atom. The van der Waals surface area contributed by atoms with E-state index in [-0.39, 0.29) is 11.8 Å². The molecule has 2 aromatic rings. The van der Waals surface area contributed by atoms with E-state index >= 15 is 0 Å². The van der Waals surface area contributed by atoms with Crippen LogP contribution in [0, 0.1) is 6.92 Å². The van der Waals surface area contributed by atoms with Crippen molar-refractivity contribution in [2.75, 3.05) is 45.8 Å². The number of benzene rings is 1. The molecule has 2 saturated heterocycles. The summed E-state index contributed by atoms with van der Waals surface area (Å²) in [6.07, 6.45) is 3.45. The lowest BCUT2D eigenvalue weighted by atomic mass is 10.1. The van der Waals surface area contributed by atoms with Crippen LogP contribution in [0.2, 0.25) is 5.02 Å². The van der Waals surface area contributed by atoms with Crippen molar-refractivity contribution < 1.29 is 9.59 Å². The van der Waals surface area contributed by atoms with E-state index in [0.29, 0.717) is 29.5 Å². The third-order valence-corrected chi connectivity index (χ3v) is 7.26. The molecular formula is C22H27ClN4O2S. The summed E-state index contributed by atoms with van der Waals surface area (Å²) in [7, 11) is 0. The molecule has 8 heteroatoms. The maximum absolute atomic E-state index is 13.1. The van der Waals surface area contributed by atoms with Crippen LogP contribution in [-0.2, 0) is 4.79 Å². The van der Waals surface area contributed by atoms with Crippen LogP contribution in [0.3, 0.4) is 0 Å². The predicted molar refractivity (Wildman–Crippen MR) is 120 cm³/mol. The summed E-state index contributed by atoms with van der Waals surface area (Å²) >= 11 is 7.40. The van der Waals surface area contributed by atoms with Crippen LogP contribution in [0.1, 0.15) is 34.6 Å². The molecule has 2 aliphatic rings. The van der Waals surface area contributed by atoms with Crippen molar-refractivity contribution in [3.8, 4) is 10.6 Å². The standard InChI is InChI=1S/C22H27ClN4O2S/c1-16-20(30-21(24-16)17-5-7-18(23)8-6-17)22(29)27-13-11-25(12-14-27)15-19(28)26-9-3-2-4-10-26/h5-8H,2-4,9-15H2,1H3. The van der Waals surface area contributed by atoms with Gasteiger partial charge in [-0.15, -0.1) is 11.3 Å². The van der Waals surface area contributed by atoms with Gasteiger partial charge in [0.25, 0.3) is 5.91 Å². The molecule has 0 N–H and O–H groups in total. The normalized spacial score (nSPS) is 17.9. The number of aryl methyl sites for hydroxylation is 1. The van der Waals surface area contributed by atoms with Gasteiger partial charge >= 0.3 is 0 Å². The first-order chi connectivity index (χ1) is 14.5. The van der Waals surface area contributed by atoms with Crippen LogP contribution < -0.4 is 0 Å². The number of amides is 2. The molecule has 3 heterocycles. The van der Waals surface area contributed by atoms with Gasteiger partial charge in [-0.1, -0.05) is 23.7 Å². The molecule has 0 aliphatic carbocycles. The Hall–Kier alpha value is -1.96. The Bertz CT molecular complexity index is 900. The molecule has 0 atom stereocenters. The number of piperazine rings is 1. The molecule has 0 bridgehead atoms. The second kappa shape index (κ2) is 9.45. The molecule has 2 fully saturated rings. The fourth-order valence-corrected chi connectivity index (χ4v) is 5.16. The summed E-state index contributed by atoms with van der Waals surface area (Å²) in [6.45, 7) is 6.86. The highest BCUT2D eigenvalue weighted by Crippen LogP contribution is 2.30. The molecule has 0 radical (unpaired) electrons. The van der Waals surface area contributed by atoms with Crippen LogP contribution in [0.25, 0.3) is 10.6 Å². The zero-order valence-electron chi connectivity index (χ0n) is 17.3. The van der Waals surface area contributed by atoms with Crippen LogP contribution in [0.15, 0.2) is 24.3 Å². The average molecular weight is 447 g/mol.